The van der Waals surface area contributed by atoms with Crippen LogP contribution in [0.4, 0.5) is 5.13 Å². The number of nitrogens with one attached hydrogen (secondary N) is 1. The van der Waals surface area contributed by atoms with Gasteiger partial charge in [-0.05, 0) is 25.5 Å². The first-order chi connectivity index (χ1) is 11.5. The Labute approximate surface area is 145 Å². The van der Waals surface area contributed by atoms with Gasteiger partial charge in [0.25, 0.3) is 0 Å². The Kier molecular flexibility index (Phi) is 6.43. The number of benzene rings is 1. The van der Waals surface area contributed by atoms with Gasteiger partial charge in [-0.3, -0.25) is 9.59 Å². The van der Waals surface area contributed by atoms with Crippen molar-refractivity contribution in [2.45, 2.75) is 39.5 Å². The summed E-state index contributed by atoms with van der Waals surface area (Å²) >= 11 is 1.37. The second-order valence-electron chi connectivity index (χ2n) is 5.43. The lowest BCUT2D eigenvalue weighted by atomic mass is 10.0. The van der Waals surface area contributed by atoms with Gasteiger partial charge in [-0.25, -0.2) is 0 Å². The molecule has 1 heterocycles. The molecule has 0 unspecified atom stereocenters. The molecule has 128 valence electrons. The molecule has 0 bridgehead atoms. The van der Waals surface area contributed by atoms with Crippen LogP contribution in [0.2, 0.25) is 0 Å². The lowest BCUT2D eigenvalue weighted by Crippen LogP contribution is -2.13. The number of hydrogen-bond acceptors (Lipinski definition) is 6. The van der Waals surface area contributed by atoms with E-state index in [0.29, 0.717) is 16.4 Å². The van der Waals surface area contributed by atoms with Crippen LogP contribution in [0.15, 0.2) is 18.2 Å². The number of nitrogens with zero attached hydrogens (tertiary/aromatic N) is 2. The van der Waals surface area contributed by atoms with Gasteiger partial charge < -0.3 is 10.1 Å². The summed E-state index contributed by atoms with van der Waals surface area (Å²) in [4.78, 5) is 24.3. The van der Waals surface area contributed by atoms with Gasteiger partial charge in [0.05, 0.1) is 12.7 Å². The van der Waals surface area contributed by atoms with E-state index in [4.69, 9.17) is 4.74 Å². The second kappa shape index (κ2) is 8.54. The van der Waals surface area contributed by atoms with Gasteiger partial charge in [-0.1, -0.05) is 29.9 Å². The van der Waals surface area contributed by atoms with Crippen LogP contribution in [0, 0.1) is 6.92 Å². The number of ketones is 1. The van der Waals surface area contributed by atoms with Gasteiger partial charge in [-0.15, -0.1) is 10.2 Å². The average molecular weight is 347 g/mol. The van der Waals surface area contributed by atoms with Crippen molar-refractivity contribution in [2.24, 2.45) is 0 Å². The molecule has 0 saturated carbocycles. The van der Waals surface area contributed by atoms with Crippen molar-refractivity contribution < 1.29 is 14.3 Å². The smallest absolute Gasteiger partial charge is 0.226 e. The van der Waals surface area contributed by atoms with E-state index in [2.05, 4.69) is 22.4 Å². The van der Waals surface area contributed by atoms with E-state index in [0.717, 1.165) is 23.4 Å². The fraction of sp³-hybridized carbons (Fsp3) is 0.412. The molecular weight excluding hydrogens is 326 g/mol. The third-order valence-electron chi connectivity index (χ3n) is 3.41. The number of anilines is 1. The van der Waals surface area contributed by atoms with E-state index >= 15 is 0 Å². The summed E-state index contributed by atoms with van der Waals surface area (Å²) in [7, 11) is 1.53. The Bertz CT molecular complexity index is 728. The number of aryl methyl sites for hydroxylation is 2. The van der Waals surface area contributed by atoms with Crippen LogP contribution in [0.5, 0.6) is 5.75 Å². The van der Waals surface area contributed by atoms with Crippen molar-refractivity contribution in [2.75, 3.05) is 12.4 Å². The SMILES string of the molecule is CCCc1nnc(NC(=O)CCC(=O)c2cc(C)ccc2OC)s1. The molecule has 6 nitrogen and oxygen atoms in total. The standard InChI is InChI=1S/C17H21N3O3S/c1-4-5-16-19-20-17(24-16)18-15(22)9-7-13(21)12-10-11(2)6-8-14(12)23-3/h6,8,10H,4-5,7,9H2,1-3H3,(H,18,20,22). The summed E-state index contributed by atoms with van der Waals surface area (Å²) < 4.78 is 5.21. The summed E-state index contributed by atoms with van der Waals surface area (Å²) in [6, 6.07) is 5.42. The first-order valence-electron chi connectivity index (χ1n) is 7.83. The minimum absolute atomic E-state index is 0.0959. The third kappa shape index (κ3) is 4.86. The fourth-order valence-corrected chi connectivity index (χ4v) is 3.06. The lowest BCUT2D eigenvalue weighted by Gasteiger charge is -2.08. The molecule has 1 N–H and O–H groups in total. The summed E-state index contributed by atoms with van der Waals surface area (Å²) in [6.45, 7) is 3.97. The highest BCUT2D eigenvalue weighted by Crippen LogP contribution is 2.22. The maximum absolute atomic E-state index is 12.3. The van der Waals surface area contributed by atoms with E-state index < -0.39 is 0 Å². The number of ether oxygens (including phenoxy) is 1. The normalized spacial score (nSPS) is 10.5. The van der Waals surface area contributed by atoms with Crippen molar-refractivity contribution in [1.82, 2.24) is 10.2 Å². The summed E-state index contributed by atoms with van der Waals surface area (Å²) in [6.07, 6.45) is 2.04. The molecule has 1 aromatic heterocycles. The number of aromatic nitrogens is 2. The highest BCUT2D eigenvalue weighted by atomic mass is 32.1. The monoisotopic (exact) mass is 347 g/mol. The molecule has 0 saturated heterocycles. The van der Waals surface area contributed by atoms with Gasteiger partial charge in [0.2, 0.25) is 11.0 Å². The Hall–Kier alpha value is -2.28. The van der Waals surface area contributed by atoms with Crippen molar-refractivity contribution >= 4 is 28.2 Å². The molecule has 0 atom stereocenters. The van der Waals surface area contributed by atoms with E-state index in [1.807, 2.05) is 13.0 Å². The maximum Gasteiger partial charge on any atom is 0.226 e. The summed E-state index contributed by atoms with van der Waals surface area (Å²) in [5, 5.41) is 12.0. The molecule has 24 heavy (non-hydrogen) atoms. The van der Waals surface area contributed by atoms with Crippen LogP contribution in [-0.4, -0.2) is 29.0 Å². The molecular formula is C17H21N3O3S. The van der Waals surface area contributed by atoms with Crippen LogP contribution in [-0.2, 0) is 11.2 Å². The molecule has 0 aliphatic carbocycles. The quantitative estimate of drug-likeness (QED) is 0.740. The predicted octanol–water partition coefficient (Wildman–Crippen LogP) is 3.41. The lowest BCUT2D eigenvalue weighted by molar-refractivity contribution is -0.116. The van der Waals surface area contributed by atoms with Gasteiger partial charge in [0, 0.05) is 19.3 Å². The minimum Gasteiger partial charge on any atom is -0.496 e. The van der Waals surface area contributed by atoms with Crippen molar-refractivity contribution in [1.29, 1.82) is 0 Å². The predicted molar refractivity (Wildman–Crippen MR) is 93.8 cm³/mol. The van der Waals surface area contributed by atoms with Crippen LogP contribution in [0.3, 0.4) is 0 Å². The highest BCUT2D eigenvalue weighted by Gasteiger charge is 2.15. The number of amides is 1. The van der Waals surface area contributed by atoms with Crippen LogP contribution >= 0.6 is 11.3 Å². The molecule has 1 aromatic carbocycles. The Morgan fingerprint density at radius 1 is 1.25 bits per heavy atom. The zero-order valence-corrected chi connectivity index (χ0v) is 14.9. The summed E-state index contributed by atoms with van der Waals surface area (Å²) in [5.41, 5.74) is 1.48. The average Bonchev–Trinajstić information content (AvgIpc) is 3.00. The number of hydrogen-bond donors (Lipinski definition) is 1. The first-order valence-corrected chi connectivity index (χ1v) is 8.65. The van der Waals surface area contributed by atoms with Crippen molar-refractivity contribution in [3.05, 3.63) is 34.3 Å². The van der Waals surface area contributed by atoms with Gasteiger partial charge >= 0.3 is 0 Å². The van der Waals surface area contributed by atoms with Crippen LogP contribution in [0.25, 0.3) is 0 Å². The zero-order chi connectivity index (χ0) is 17.5. The fourth-order valence-electron chi connectivity index (χ4n) is 2.20. The molecule has 0 spiro atoms. The Morgan fingerprint density at radius 2 is 2.04 bits per heavy atom. The Morgan fingerprint density at radius 3 is 2.75 bits per heavy atom. The van der Waals surface area contributed by atoms with E-state index in [-0.39, 0.29) is 24.5 Å². The summed E-state index contributed by atoms with van der Waals surface area (Å²) in [5.74, 6) is 0.170. The number of carbonyl (C=O) groups is 2. The minimum atomic E-state index is -0.242. The van der Waals surface area contributed by atoms with Crippen LogP contribution < -0.4 is 10.1 Å². The van der Waals surface area contributed by atoms with E-state index in [1.54, 1.807) is 12.1 Å². The maximum atomic E-state index is 12.3. The van der Waals surface area contributed by atoms with Gasteiger partial charge in [0.15, 0.2) is 5.78 Å². The third-order valence-corrected chi connectivity index (χ3v) is 4.31. The second-order valence-corrected chi connectivity index (χ2v) is 6.49. The molecule has 0 fully saturated rings. The molecule has 0 radical (unpaired) electrons. The molecule has 7 heteroatoms. The number of methoxy groups -OCH3 is 1. The molecule has 0 aliphatic rings. The van der Waals surface area contributed by atoms with E-state index in [1.165, 1.54) is 18.4 Å². The van der Waals surface area contributed by atoms with Crippen molar-refractivity contribution in [3.63, 3.8) is 0 Å². The number of Topliss-reactive ketones (excluding diaryl/α,β-unsaturated/α-hetero) is 1. The molecule has 1 amide bonds. The first kappa shape index (κ1) is 18.1. The number of carbonyl (C=O) groups excluding carboxylic acids is 2. The molecule has 2 aromatic rings. The van der Waals surface area contributed by atoms with Gasteiger partial charge in [0.1, 0.15) is 10.8 Å². The van der Waals surface area contributed by atoms with E-state index in [9.17, 15) is 9.59 Å². The topological polar surface area (TPSA) is 81.2 Å². The van der Waals surface area contributed by atoms with Gasteiger partial charge in [-0.2, -0.15) is 0 Å². The zero-order valence-electron chi connectivity index (χ0n) is 14.1. The Balaban J connectivity index is 1.91. The highest BCUT2D eigenvalue weighted by molar-refractivity contribution is 7.15. The van der Waals surface area contributed by atoms with Crippen LogP contribution in [0.1, 0.15) is 47.1 Å². The van der Waals surface area contributed by atoms with Crippen molar-refractivity contribution in [3.8, 4) is 5.75 Å². The molecule has 2 rings (SSSR count). The number of rotatable bonds is 8. The molecule has 0 aliphatic heterocycles. The largest absolute Gasteiger partial charge is 0.496 e.